The number of benzene rings is 1. The van der Waals surface area contributed by atoms with Crippen LogP contribution in [0.2, 0.25) is 0 Å². The van der Waals surface area contributed by atoms with Crippen molar-refractivity contribution in [2.75, 3.05) is 13.7 Å². The Morgan fingerprint density at radius 1 is 1.21 bits per heavy atom. The SMILES string of the molecule is COCc1ccc(C(=O)OCC(=O)NC2(C#N)CCCCC2)cc1. The van der Waals surface area contributed by atoms with Crippen LogP contribution in [0.3, 0.4) is 0 Å². The average molecular weight is 330 g/mol. The number of ether oxygens (including phenoxy) is 2. The largest absolute Gasteiger partial charge is 0.452 e. The topological polar surface area (TPSA) is 88.4 Å². The van der Waals surface area contributed by atoms with Crippen LogP contribution in [0.4, 0.5) is 0 Å². The van der Waals surface area contributed by atoms with Crippen molar-refractivity contribution >= 4 is 11.9 Å². The highest BCUT2D eigenvalue weighted by atomic mass is 16.5. The first-order valence-corrected chi connectivity index (χ1v) is 8.06. The molecule has 6 nitrogen and oxygen atoms in total. The molecule has 6 heteroatoms. The van der Waals surface area contributed by atoms with E-state index in [1.165, 1.54) is 0 Å². The van der Waals surface area contributed by atoms with Crippen molar-refractivity contribution in [3.05, 3.63) is 35.4 Å². The van der Waals surface area contributed by atoms with Gasteiger partial charge in [-0.3, -0.25) is 4.79 Å². The monoisotopic (exact) mass is 330 g/mol. The van der Waals surface area contributed by atoms with Crippen LogP contribution in [-0.2, 0) is 20.9 Å². The Morgan fingerprint density at radius 3 is 2.46 bits per heavy atom. The van der Waals surface area contributed by atoms with Gasteiger partial charge in [0.05, 0.1) is 18.2 Å². The summed E-state index contributed by atoms with van der Waals surface area (Å²) in [4.78, 5) is 24.0. The smallest absolute Gasteiger partial charge is 0.338 e. The van der Waals surface area contributed by atoms with E-state index in [0.29, 0.717) is 25.0 Å². The molecule has 0 aromatic heterocycles. The van der Waals surface area contributed by atoms with Gasteiger partial charge in [-0.2, -0.15) is 5.26 Å². The number of hydrogen-bond acceptors (Lipinski definition) is 5. The molecule has 2 rings (SSSR count). The Morgan fingerprint density at radius 2 is 1.88 bits per heavy atom. The van der Waals surface area contributed by atoms with Crippen LogP contribution in [0.15, 0.2) is 24.3 Å². The summed E-state index contributed by atoms with van der Waals surface area (Å²) in [7, 11) is 1.60. The average Bonchev–Trinajstić information content (AvgIpc) is 2.61. The van der Waals surface area contributed by atoms with Gasteiger partial charge in [-0.05, 0) is 30.5 Å². The third-order valence-corrected chi connectivity index (χ3v) is 4.13. The number of nitriles is 1. The van der Waals surface area contributed by atoms with Crippen LogP contribution < -0.4 is 5.32 Å². The van der Waals surface area contributed by atoms with Crippen LogP contribution in [0.5, 0.6) is 0 Å². The molecule has 1 aliphatic carbocycles. The molecule has 1 saturated carbocycles. The molecule has 0 spiro atoms. The molecule has 0 bridgehead atoms. The Labute approximate surface area is 141 Å². The van der Waals surface area contributed by atoms with Crippen LogP contribution in [0.25, 0.3) is 0 Å². The molecular formula is C18H22N2O4. The van der Waals surface area contributed by atoms with E-state index in [1.807, 2.05) is 0 Å². The van der Waals surface area contributed by atoms with Gasteiger partial charge in [-0.15, -0.1) is 0 Å². The van der Waals surface area contributed by atoms with Gasteiger partial charge in [-0.1, -0.05) is 31.4 Å². The maximum absolute atomic E-state index is 12.0. The molecule has 1 fully saturated rings. The van der Waals surface area contributed by atoms with Crippen molar-refractivity contribution in [1.82, 2.24) is 5.32 Å². The van der Waals surface area contributed by atoms with Crippen molar-refractivity contribution in [2.45, 2.75) is 44.2 Å². The zero-order valence-corrected chi connectivity index (χ0v) is 13.8. The zero-order valence-electron chi connectivity index (χ0n) is 13.8. The maximum atomic E-state index is 12.0. The van der Waals surface area contributed by atoms with E-state index in [1.54, 1.807) is 31.4 Å². The summed E-state index contributed by atoms with van der Waals surface area (Å²) in [5.41, 5.74) is 0.499. The molecule has 128 valence electrons. The minimum absolute atomic E-state index is 0.371. The number of amides is 1. The Bertz CT molecular complexity index is 613. The van der Waals surface area contributed by atoms with Crippen molar-refractivity contribution in [1.29, 1.82) is 5.26 Å². The number of hydrogen-bond donors (Lipinski definition) is 1. The number of carbonyl (C=O) groups excluding carboxylic acids is 2. The normalized spacial score (nSPS) is 16.0. The minimum atomic E-state index is -0.816. The number of carbonyl (C=O) groups is 2. The van der Waals surface area contributed by atoms with E-state index in [4.69, 9.17) is 9.47 Å². The van der Waals surface area contributed by atoms with E-state index in [9.17, 15) is 14.9 Å². The molecule has 0 saturated heterocycles. The van der Waals surface area contributed by atoms with E-state index in [-0.39, 0.29) is 6.61 Å². The van der Waals surface area contributed by atoms with Gasteiger partial charge < -0.3 is 14.8 Å². The number of methoxy groups -OCH3 is 1. The van der Waals surface area contributed by atoms with Gasteiger partial charge >= 0.3 is 5.97 Å². The highest BCUT2D eigenvalue weighted by Crippen LogP contribution is 2.27. The quantitative estimate of drug-likeness (QED) is 0.809. The molecule has 0 unspecified atom stereocenters. The lowest BCUT2D eigenvalue weighted by molar-refractivity contribution is -0.125. The van der Waals surface area contributed by atoms with Crippen LogP contribution in [0, 0.1) is 11.3 Å². The van der Waals surface area contributed by atoms with Gasteiger partial charge in [0, 0.05) is 7.11 Å². The molecule has 0 atom stereocenters. The lowest BCUT2D eigenvalue weighted by Gasteiger charge is -2.31. The standard InChI is InChI=1S/C18H22N2O4/c1-23-11-14-5-7-15(8-6-14)17(22)24-12-16(21)20-18(13-19)9-3-2-4-10-18/h5-8H,2-4,9-12H2,1H3,(H,20,21). The van der Waals surface area contributed by atoms with E-state index in [2.05, 4.69) is 11.4 Å². The Balaban J connectivity index is 1.84. The molecule has 1 amide bonds. The highest BCUT2D eigenvalue weighted by Gasteiger charge is 2.33. The number of esters is 1. The fourth-order valence-electron chi connectivity index (χ4n) is 2.84. The third kappa shape index (κ3) is 4.80. The predicted octanol–water partition coefficient (Wildman–Crippen LogP) is 2.33. The maximum Gasteiger partial charge on any atom is 0.338 e. The summed E-state index contributed by atoms with van der Waals surface area (Å²) in [6.07, 6.45) is 4.20. The fourth-order valence-corrected chi connectivity index (χ4v) is 2.84. The molecule has 1 N–H and O–H groups in total. The summed E-state index contributed by atoms with van der Waals surface area (Å²) < 4.78 is 10.0. The first-order valence-electron chi connectivity index (χ1n) is 8.06. The second kappa shape index (κ2) is 8.46. The van der Waals surface area contributed by atoms with Crippen molar-refractivity contribution in [3.8, 4) is 6.07 Å². The second-order valence-electron chi connectivity index (χ2n) is 6.01. The van der Waals surface area contributed by atoms with Crippen LogP contribution in [0.1, 0.15) is 48.0 Å². The van der Waals surface area contributed by atoms with Crippen molar-refractivity contribution < 1.29 is 19.1 Å². The van der Waals surface area contributed by atoms with Crippen molar-refractivity contribution in [3.63, 3.8) is 0 Å². The van der Waals surface area contributed by atoms with Gasteiger partial charge in [0.1, 0.15) is 5.54 Å². The summed E-state index contributed by atoms with van der Waals surface area (Å²) in [5, 5.41) is 12.1. The predicted molar refractivity (Wildman–Crippen MR) is 87.0 cm³/mol. The van der Waals surface area contributed by atoms with Crippen LogP contribution in [-0.4, -0.2) is 31.1 Å². The first-order chi connectivity index (χ1) is 11.6. The van der Waals surface area contributed by atoms with Gasteiger partial charge in [0.2, 0.25) is 0 Å². The van der Waals surface area contributed by atoms with Gasteiger partial charge in [0.25, 0.3) is 5.91 Å². The summed E-state index contributed by atoms with van der Waals surface area (Å²) >= 11 is 0. The second-order valence-corrected chi connectivity index (χ2v) is 6.01. The summed E-state index contributed by atoms with van der Waals surface area (Å²) in [6, 6.07) is 9.01. The summed E-state index contributed by atoms with van der Waals surface area (Å²) in [6.45, 7) is 0.0794. The lowest BCUT2D eigenvalue weighted by atomic mass is 9.83. The molecule has 1 aromatic rings. The Kier molecular flexibility index (Phi) is 6.33. The van der Waals surface area contributed by atoms with E-state index in [0.717, 1.165) is 24.8 Å². The third-order valence-electron chi connectivity index (χ3n) is 4.13. The number of rotatable bonds is 6. The van der Waals surface area contributed by atoms with Gasteiger partial charge in [0.15, 0.2) is 6.61 Å². The number of nitrogens with zero attached hydrogens (tertiary/aromatic N) is 1. The first kappa shape index (κ1) is 18.0. The molecule has 1 aliphatic rings. The Hall–Kier alpha value is -2.39. The van der Waals surface area contributed by atoms with E-state index >= 15 is 0 Å². The molecule has 1 aromatic carbocycles. The minimum Gasteiger partial charge on any atom is -0.452 e. The molecule has 0 heterocycles. The van der Waals surface area contributed by atoms with Gasteiger partial charge in [-0.25, -0.2) is 4.79 Å². The fraction of sp³-hybridized carbons (Fsp3) is 0.500. The van der Waals surface area contributed by atoms with Crippen molar-refractivity contribution in [2.24, 2.45) is 0 Å². The number of nitrogens with one attached hydrogen (secondary N) is 1. The lowest BCUT2D eigenvalue weighted by Crippen LogP contribution is -2.50. The molecule has 24 heavy (non-hydrogen) atoms. The zero-order chi connectivity index (χ0) is 17.4. The van der Waals surface area contributed by atoms with Crippen LogP contribution >= 0.6 is 0 Å². The highest BCUT2D eigenvalue weighted by molar-refractivity contribution is 5.91. The summed E-state index contributed by atoms with van der Waals surface area (Å²) in [5.74, 6) is -1.01. The molecule has 0 radical (unpaired) electrons. The van der Waals surface area contributed by atoms with E-state index < -0.39 is 17.4 Å². The molecule has 0 aliphatic heterocycles. The molecular weight excluding hydrogens is 308 g/mol.